The molecule has 0 radical (unpaired) electrons. The smallest absolute Gasteiger partial charge is 0.249 e. The lowest BCUT2D eigenvalue weighted by Crippen LogP contribution is -2.12. The summed E-state index contributed by atoms with van der Waals surface area (Å²) < 4.78 is 17.6. The van der Waals surface area contributed by atoms with Crippen molar-refractivity contribution in [2.45, 2.75) is 6.92 Å². The Morgan fingerprint density at radius 3 is 2.94 bits per heavy atom. The number of aryl methyl sites for hydroxylation is 1. The molecule has 5 rings (SSSR count). The van der Waals surface area contributed by atoms with Gasteiger partial charge in [-0.1, -0.05) is 18.2 Å². The van der Waals surface area contributed by atoms with Crippen LogP contribution in [0.15, 0.2) is 60.0 Å². The average Bonchev–Trinajstić information content (AvgIpc) is 3.57. The van der Waals surface area contributed by atoms with E-state index >= 15 is 0 Å². The number of thiazole rings is 1. The van der Waals surface area contributed by atoms with E-state index in [-0.39, 0.29) is 12.7 Å². The second-order valence-electron chi connectivity index (χ2n) is 7.27. The highest BCUT2D eigenvalue weighted by Gasteiger charge is 2.15. The minimum absolute atomic E-state index is 0.211. The molecule has 8 nitrogen and oxygen atoms in total. The van der Waals surface area contributed by atoms with Crippen LogP contribution in [0, 0.1) is 6.92 Å². The van der Waals surface area contributed by atoms with Crippen LogP contribution in [0.25, 0.3) is 22.5 Å². The number of aromatic nitrogens is 3. The lowest BCUT2D eigenvalue weighted by Gasteiger charge is -2.05. The van der Waals surface area contributed by atoms with E-state index < -0.39 is 0 Å². The molecule has 1 aliphatic heterocycles. The number of carbonyl (C=O) groups excluding carboxylic acids is 1. The number of anilines is 1. The first-order valence-corrected chi connectivity index (χ1v) is 11.0. The van der Waals surface area contributed by atoms with Crippen LogP contribution in [-0.2, 0) is 4.79 Å². The van der Waals surface area contributed by atoms with E-state index in [9.17, 15) is 4.79 Å². The van der Waals surface area contributed by atoms with E-state index in [1.54, 1.807) is 23.9 Å². The highest BCUT2D eigenvalue weighted by Crippen LogP contribution is 2.33. The minimum Gasteiger partial charge on any atom is -0.497 e. The molecule has 0 unspecified atom stereocenters. The lowest BCUT2D eigenvalue weighted by atomic mass is 10.2. The largest absolute Gasteiger partial charge is 0.497 e. The Kier molecular flexibility index (Phi) is 5.54. The molecule has 33 heavy (non-hydrogen) atoms. The molecule has 0 atom stereocenters. The third kappa shape index (κ3) is 4.44. The van der Waals surface area contributed by atoms with Crippen molar-refractivity contribution in [3.05, 3.63) is 71.2 Å². The van der Waals surface area contributed by atoms with Gasteiger partial charge >= 0.3 is 0 Å². The number of nitrogens with zero attached hydrogens (tertiary/aromatic N) is 3. The van der Waals surface area contributed by atoms with Crippen LogP contribution in [0.1, 0.15) is 11.3 Å². The highest BCUT2D eigenvalue weighted by atomic mass is 32.1. The number of hydrogen-bond donors (Lipinski definition) is 1. The molecular formula is C24H20N4O4S. The topological polar surface area (TPSA) is 87.5 Å². The first-order chi connectivity index (χ1) is 16.1. The number of hydrogen-bond acceptors (Lipinski definition) is 7. The Balaban J connectivity index is 1.34. The van der Waals surface area contributed by atoms with Crippen molar-refractivity contribution in [1.29, 1.82) is 0 Å². The summed E-state index contributed by atoms with van der Waals surface area (Å²) in [4.78, 5) is 17.3. The van der Waals surface area contributed by atoms with E-state index in [2.05, 4.69) is 10.4 Å². The minimum atomic E-state index is -0.279. The zero-order valence-electron chi connectivity index (χ0n) is 17.9. The number of ether oxygens (including phenoxy) is 3. The van der Waals surface area contributed by atoms with Crippen LogP contribution in [0.2, 0.25) is 0 Å². The maximum atomic E-state index is 12.6. The first-order valence-electron chi connectivity index (χ1n) is 10.1. The molecule has 4 aromatic rings. The van der Waals surface area contributed by atoms with Crippen molar-refractivity contribution in [3.63, 3.8) is 0 Å². The number of methoxy groups -OCH3 is 1. The number of benzene rings is 2. The average molecular weight is 461 g/mol. The van der Waals surface area contributed by atoms with Gasteiger partial charge in [0.2, 0.25) is 17.8 Å². The van der Waals surface area contributed by atoms with Gasteiger partial charge < -0.3 is 19.5 Å². The maximum absolute atomic E-state index is 12.6. The lowest BCUT2D eigenvalue weighted by molar-refractivity contribution is -0.111. The number of rotatable bonds is 6. The summed E-state index contributed by atoms with van der Waals surface area (Å²) >= 11 is 1.44. The normalized spacial score (nSPS) is 12.3. The molecule has 0 aliphatic carbocycles. The quantitative estimate of drug-likeness (QED) is 0.420. The molecular weight excluding hydrogens is 440 g/mol. The summed E-state index contributed by atoms with van der Waals surface area (Å²) in [6.07, 6.45) is 3.18. The summed E-state index contributed by atoms with van der Waals surface area (Å²) in [6, 6.07) is 15.0. The SMILES string of the molecule is COc1cccc(-c2csc(-n3nc(C)cc3NC(=O)/C=C/c3ccc4c(c3)OCO4)n2)c1. The second-order valence-corrected chi connectivity index (χ2v) is 8.10. The van der Waals surface area contributed by atoms with Gasteiger partial charge in [0.15, 0.2) is 11.5 Å². The van der Waals surface area contributed by atoms with E-state index in [4.69, 9.17) is 19.2 Å². The molecule has 0 fully saturated rings. The molecule has 1 N–H and O–H groups in total. The van der Waals surface area contributed by atoms with Crippen LogP contribution < -0.4 is 19.5 Å². The molecule has 0 spiro atoms. The zero-order valence-corrected chi connectivity index (χ0v) is 18.8. The van der Waals surface area contributed by atoms with E-state index in [0.29, 0.717) is 22.4 Å². The molecule has 0 bridgehead atoms. The molecule has 1 amide bonds. The van der Waals surface area contributed by atoms with Crippen LogP contribution in [0.5, 0.6) is 17.2 Å². The monoisotopic (exact) mass is 460 g/mol. The van der Waals surface area contributed by atoms with Crippen LogP contribution in [0.3, 0.4) is 0 Å². The van der Waals surface area contributed by atoms with Crippen molar-refractivity contribution in [2.24, 2.45) is 0 Å². The molecule has 2 aromatic heterocycles. The van der Waals surface area contributed by atoms with Crippen molar-refractivity contribution in [3.8, 4) is 33.6 Å². The van der Waals surface area contributed by atoms with Gasteiger partial charge in [-0.15, -0.1) is 11.3 Å². The Bertz CT molecular complexity index is 1360. The van der Waals surface area contributed by atoms with Gasteiger partial charge in [0, 0.05) is 23.1 Å². The fourth-order valence-corrected chi connectivity index (χ4v) is 4.16. The molecule has 2 aromatic carbocycles. The van der Waals surface area contributed by atoms with Crippen molar-refractivity contribution >= 4 is 29.1 Å². The van der Waals surface area contributed by atoms with Gasteiger partial charge in [-0.25, -0.2) is 4.98 Å². The second kappa shape index (κ2) is 8.79. The molecule has 1 aliphatic rings. The van der Waals surface area contributed by atoms with E-state index in [1.807, 2.05) is 54.8 Å². The van der Waals surface area contributed by atoms with Gasteiger partial charge in [0.25, 0.3) is 0 Å². The van der Waals surface area contributed by atoms with Crippen molar-refractivity contribution < 1.29 is 19.0 Å². The van der Waals surface area contributed by atoms with Crippen LogP contribution in [-0.4, -0.2) is 34.6 Å². The number of carbonyl (C=O) groups is 1. The molecule has 3 heterocycles. The van der Waals surface area contributed by atoms with Crippen molar-refractivity contribution in [2.75, 3.05) is 19.2 Å². The molecule has 0 saturated heterocycles. The molecule has 166 valence electrons. The summed E-state index contributed by atoms with van der Waals surface area (Å²) in [5, 5.41) is 9.99. The Morgan fingerprint density at radius 1 is 1.18 bits per heavy atom. The van der Waals surface area contributed by atoms with E-state index in [0.717, 1.165) is 28.3 Å². The first kappa shape index (κ1) is 20.8. The van der Waals surface area contributed by atoms with Crippen molar-refractivity contribution in [1.82, 2.24) is 14.8 Å². The van der Waals surface area contributed by atoms with Gasteiger partial charge in [-0.05, 0) is 42.8 Å². The number of amides is 1. The fraction of sp³-hybridized carbons (Fsp3) is 0.125. The Labute approximate surface area is 194 Å². The predicted molar refractivity (Wildman–Crippen MR) is 126 cm³/mol. The van der Waals surface area contributed by atoms with Crippen LogP contribution in [0.4, 0.5) is 5.82 Å². The fourth-order valence-electron chi connectivity index (χ4n) is 3.37. The van der Waals surface area contributed by atoms with Gasteiger partial charge in [0.05, 0.1) is 18.5 Å². The van der Waals surface area contributed by atoms with E-state index in [1.165, 1.54) is 17.4 Å². The zero-order chi connectivity index (χ0) is 22.8. The Hall–Kier alpha value is -4.11. The highest BCUT2D eigenvalue weighted by molar-refractivity contribution is 7.12. The van der Waals surface area contributed by atoms with Gasteiger partial charge in [-0.3, -0.25) is 4.79 Å². The van der Waals surface area contributed by atoms with Crippen LogP contribution >= 0.6 is 11.3 Å². The third-order valence-electron chi connectivity index (χ3n) is 4.95. The predicted octanol–water partition coefficient (Wildman–Crippen LogP) is 4.69. The molecule has 0 saturated carbocycles. The maximum Gasteiger partial charge on any atom is 0.249 e. The van der Waals surface area contributed by atoms with Gasteiger partial charge in [0.1, 0.15) is 11.6 Å². The van der Waals surface area contributed by atoms with Gasteiger partial charge in [-0.2, -0.15) is 9.78 Å². The summed E-state index contributed by atoms with van der Waals surface area (Å²) in [5.74, 6) is 2.39. The summed E-state index contributed by atoms with van der Waals surface area (Å²) in [5.41, 5.74) is 3.35. The Morgan fingerprint density at radius 2 is 2.06 bits per heavy atom. The number of nitrogens with one attached hydrogen (secondary N) is 1. The summed E-state index contributed by atoms with van der Waals surface area (Å²) in [7, 11) is 1.63. The molecule has 9 heteroatoms. The standard InChI is InChI=1S/C24H20N4O4S/c1-15-10-22(26-23(29)9-7-16-6-8-20-21(11-16)32-14-31-20)28(27-15)24-25-19(13-33-24)17-4-3-5-18(12-17)30-2/h3-13H,14H2,1-2H3,(H,26,29)/b9-7+. The third-order valence-corrected chi connectivity index (χ3v) is 5.76. The number of fused-ring (bicyclic) bond motifs is 1. The summed E-state index contributed by atoms with van der Waals surface area (Å²) in [6.45, 7) is 2.08.